The Kier molecular flexibility index (Phi) is 5.96. The number of Topliss-reactive ketones (excluding diaryl/α,β-unsaturated/α-hetero) is 2. The molecule has 11 nitrogen and oxygen atoms in total. The number of benzene rings is 1. The largest absolute Gasteiger partial charge is 0.510 e. The van der Waals surface area contributed by atoms with Crippen molar-refractivity contribution >= 4 is 23.4 Å². The van der Waals surface area contributed by atoms with E-state index in [1.54, 1.807) is 19.1 Å². The van der Waals surface area contributed by atoms with E-state index < -0.39 is 81.6 Å². The Morgan fingerprint density at radius 1 is 1.17 bits per heavy atom. The number of primary amides is 1. The Hall–Kier alpha value is -3.70. The fourth-order valence-corrected chi connectivity index (χ4v) is 5.93. The van der Waals surface area contributed by atoms with Crippen molar-refractivity contribution in [3.05, 3.63) is 52.0 Å². The summed E-state index contributed by atoms with van der Waals surface area (Å²) >= 11 is 0. The average molecular weight is 501 g/mol. The van der Waals surface area contributed by atoms with E-state index in [4.69, 9.17) is 10.5 Å². The van der Waals surface area contributed by atoms with Crippen LogP contribution in [0.3, 0.4) is 0 Å². The molecular weight excluding hydrogens is 472 g/mol. The van der Waals surface area contributed by atoms with Gasteiger partial charge in [0, 0.05) is 17.9 Å². The Labute approximate surface area is 206 Å². The monoisotopic (exact) mass is 500 g/mol. The summed E-state index contributed by atoms with van der Waals surface area (Å²) in [5.74, 6) is -9.67. The smallest absolute Gasteiger partial charge is 0.305 e. The molecule has 11 heteroatoms. The van der Waals surface area contributed by atoms with Crippen molar-refractivity contribution in [1.29, 1.82) is 0 Å². The maximum absolute atomic E-state index is 13.6. The van der Waals surface area contributed by atoms with Gasteiger partial charge in [0.2, 0.25) is 5.78 Å². The number of amides is 1. The summed E-state index contributed by atoms with van der Waals surface area (Å²) in [7, 11) is 2.99. The van der Waals surface area contributed by atoms with Gasteiger partial charge in [-0.15, -0.1) is 0 Å². The summed E-state index contributed by atoms with van der Waals surface area (Å²) in [6.07, 6.45) is -1.47. The molecule has 1 aromatic rings. The predicted octanol–water partition coefficient (Wildman–Crippen LogP) is 0.613. The van der Waals surface area contributed by atoms with Crippen LogP contribution >= 0.6 is 0 Å². The van der Waals surface area contributed by atoms with Crippen molar-refractivity contribution in [1.82, 2.24) is 4.90 Å². The number of ketones is 2. The lowest BCUT2D eigenvalue weighted by Gasteiger charge is -2.54. The maximum Gasteiger partial charge on any atom is 0.305 e. The van der Waals surface area contributed by atoms with Gasteiger partial charge in [-0.2, -0.15) is 0 Å². The maximum atomic E-state index is 13.6. The molecule has 0 bridgehead atoms. The molecule has 0 aliphatic heterocycles. The first kappa shape index (κ1) is 25.4. The summed E-state index contributed by atoms with van der Waals surface area (Å²) in [5.41, 5.74) is 1.36. The van der Waals surface area contributed by atoms with Crippen LogP contribution in [0.5, 0.6) is 5.75 Å². The highest BCUT2D eigenvalue weighted by atomic mass is 16.5. The normalized spacial score (nSPS) is 31.7. The van der Waals surface area contributed by atoms with E-state index >= 15 is 0 Å². The third-order valence-corrected chi connectivity index (χ3v) is 7.52. The molecule has 0 aromatic heterocycles. The van der Waals surface area contributed by atoms with Crippen molar-refractivity contribution in [3.63, 3.8) is 0 Å². The molecule has 0 radical (unpaired) electrons. The number of hydrogen-bond donors (Lipinski definition) is 5. The zero-order valence-electron chi connectivity index (χ0n) is 20.2. The van der Waals surface area contributed by atoms with Crippen molar-refractivity contribution in [2.75, 3.05) is 14.1 Å². The Bertz CT molecular complexity index is 1260. The molecule has 192 valence electrons. The number of nitrogens with zero attached hydrogens (tertiary/aromatic N) is 1. The molecule has 1 amide bonds. The number of ether oxygens (including phenoxy) is 1. The third-order valence-electron chi connectivity index (χ3n) is 7.52. The van der Waals surface area contributed by atoms with Gasteiger partial charge in [0.25, 0.3) is 5.91 Å². The Morgan fingerprint density at radius 3 is 2.36 bits per heavy atom. The molecule has 6 atom stereocenters. The summed E-state index contributed by atoms with van der Waals surface area (Å²) in [4.78, 5) is 53.2. The minimum atomic E-state index is -2.94. The van der Waals surface area contributed by atoms with Crippen LogP contribution in [-0.2, 0) is 19.1 Å². The first-order valence-corrected chi connectivity index (χ1v) is 11.5. The molecule has 3 aliphatic carbocycles. The van der Waals surface area contributed by atoms with Crippen LogP contribution < -0.4 is 5.73 Å². The number of aliphatic hydroxyl groups is 3. The number of fused-ring (bicyclic) bond motifs is 3. The van der Waals surface area contributed by atoms with E-state index in [-0.39, 0.29) is 17.7 Å². The van der Waals surface area contributed by atoms with Crippen molar-refractivity contribution < 1.29 is 44.3 Å². The number of carbonyl (C=O) groups is 4. The topological polar surface area (TPSA) is 188 Å². The first-order valence-electron chi connectivity index (χ1n) is 11.5. The molecule has 3 aliphatic rings. The fraction of sp³-hybridized carbons (Fsp3) is 0.440. The summed E-state index contributed by atoms with van der Waals surface area (Å²) in [6, 6.07) is 3.14. The molecule has 0 saturated heterocycles. The van der Waals surface area contributed by atoms with E-state index in [9.17, 15) is 39.6 Å². The van der Waals surface area contributed by atoms with Gasteiger partial charge >= 0.3 is 5.97 Å². The average Bonchev–Trinajstić information content (AvgIpc) is 2.80. The standard InChI is InChI=1S/C25H28N2O9/c1-5-12(29)36-21-13-9(2)10-7-6-8-11(28)14(10)19(30)15(13)22(32)25(35)17(21)18(27(3)4)20(31)16(23(25)33)24(26)34/h6-9,13,17-18,21,28,31-32,35H,5H2,1-4H3,(H2,26,34). The second kappa shape index (κ2) is 8.45. The number of phenols is 1. The van der Waals surface area contributed by atoms with Gasteiger partial charge in [-0.25, -0.2) is 0 Å². The minimum Gasteiger partial charge on any atom is -0.510 e. The van der Waals surface area contributed by atoms with Crippen LogP contribution in [0.25, 0.3) is 0 Å². The van der Waals surface area contributed by atoms with Gasteiger partial charge in [-0.05, 0) is 31.6 Å². The van der Waals surface area contributed by atoms with Gasteiger partial charge in [-0.3, -0.25) is 24.1 Å². The number of hydrogen-bond acceptors (Lipinski definition) is 10. The number of nitrogens with two attached hydrogens (primary N) is 1. The highest BCUT2D eigenvalue weighted by Crippen LogP contribution is 2.56. The quantitative estimate of drug-likeness (QED) is 0.289. The van der Waals surface area contributed by atoms with Crippen LogP contribution in [0, 0.1) is 11.8 Å². The lowest BCUT2D eigenvalue weighted by molar-refractivity contribution is -0.180. The van der Waals surface area contributed by atoms with Crippen LogP contribution in [0.4, 0.5) is 0 Å². The third kappa shape index (κ3) is 3.19. The zero-order chi connectivity index (χ0) is 26.9. The number of likely N-dealkylation sites (N-methyl/N-ethyl adjacent to an activating group) is 1. The second-order valence-electron chi connectivity index (χ2n) is 9.61. The van der Waals surface area contributed by atoms with Crippen LogP contribution in [0.15, 0.2) is 40.9 Å². The summed E-state index contributed by atoms with van der Waals surface area (Å²) in [5, 5.41) is 44.7. The highest BCUT2D eigenvalue weighted by Gasteiger charge is 2.68. The molecular formula is C25H28N2O9. The Balaban J connectivity index is 2.11. The predicted molar refractivity (Wildman–Crippen MR) is 124 cm³/mol. The molecule has 36 heavy (non-hydrogen) atoms. The molecule has 6 unspecified atom stereocenters. The number of phenolic OH excluding ortho intramolecular Hbond substituents is 1. The van der Waals surface area contributed by atoms with Crippen molar-refractivity contribution in [2.45, 2.75) is 43.9 Å². The van der Waals surface area contributed by atoms with Gasteiger partial charge in [0.15, 0.2) is 11.4 Å². The number of aromatic hydroxyl groups is 1. The van der Waals surface area contributed by atoms with Gasteiger partial charge in [0.1, 0.15) is 28.9 Å². The first-order chi connectivity index (χ1) is 16.8. The summed E-state index contributed by atoms with van der Waals surface area (Å²) in [6.45, 7) is 3.23. The number of carbonyl (C=O) groups excluding carboxylic acids is 4. The van der Waals surface area contributed by atoms with E-state index in [0.717, 1.165) is 0 Å². The van der Waals surface area contributed by atoms with Gasteiger partial charge in [0.05, 0.1) is 17.5 Å². The summed E-state index contributed by atoms with van der Waals surface area (Å²) < 4.78 is 5.74. The molecule has 6 N–H and O–H groups in total. The fourth-order valence-electron chi connectivity index (χ4n) is 5.93. The van der Waals surface area contributed by atoms with Gasteiger partial charge < -0.3 is 30.9 Å². The highest BCUT2D eigenvalue weighted by molar-refractivity contribution is 6.25. The SMILES string of the molecule is CCC(=O)OC1C2C(=C(O)C3(O)C(=O)C(C(N)=O)=C(O)C(N(C)C)C13)C(=O)c1c(O)cccc1C2C. The number of aliphatic hydroxyl groups excluding tert-OH is 2. The van der Waals surface area contributed by atoms with Crippen LogP contribution in [0.1, 0.15) is 42.1 Å². The molecule has 4 rings (SSSR count). The van der Waals surface area contributed by atoms with E-state index in [1.165, 1.54) is 32.0 Å². The van der Waals surface area contributed by atoms with Crippen LogP contribution in [-0.4, -0.2) is 80.6 Å². The van der Waals surface area contributed by atoms with Crippen molar-refractivity contribution in [3.8, 4) is 5.75 Å². The molecule has 0 heterocycles. The number of rotatable bonds is 4. The molecule has 0 saturated carbocycles. The number of esters is 1. The van der Waals surface area contributed by atoms with E-state index in [2.05, 4.69) is 0 Å². The van der Waals surface area contributed by atoms with E-state index in [1.807, 2.05) is 0 Å². The second-order valence-corrected chi connectivity index (χ2v) is 9.61. The van der Waals surface area contributed by atoms with Gasteiger partial charge in [-0.1, -0.05) is 26.0 Å². The molecule has 0 fully saturated rings. The molecule has 1 aromatic carbocycles. The lowest BCUT2D eigenvalue weighted by Crippen LogP contribution is -2.69. The molecule has 0 spiro atoms. The Morgan fingerprint density at radius 2 is 1.81 bits per heavy atom. The zero-order valence-corrected chi connectivity index (χ0v) is 20.2. The minimum absolute atomic E-state index is 0.0754. The lowest BCUT2D eigenvalue weighted by atomic mass is 9.55. The van der Waals surface area contributed by atoms with E-state index in [0.29, 0.717) is 5.56 Å². The van der Waals surface area contributed by atoms with Crippen LogP contribution in [0.2, 0.25) is 0 Å². The van der Waals surface area contributed by atoms with Crippen molar-refractivity contribution in [2.24, 2.45) is 17.6 Å².